The molecule has 0 aliphatic rings. The van der Waals surface area contributed by atoms with Crippen molar-refractivity contribution in [1.82, 2.24) is 29.9 Å². The van der Waals surface area contributed by atoms with E-state index in [1.54, 1.807) is 0 Å². The Labute approximate surface area is 348 Å². The number of nitrogens with zero attached hydrogens (tertiary/aromatic N) is 6. The number of rotatable bonds is 9. The Morgan fingerprint density at radius 1 is 0.233 bits per heavy atom. The minimum absolute atomic E-state index is 0.483. The van der Waals surface area contributed by atoms with Crippen LogP contribution in [0.15, 0.2) is 219 Å². The average molecular weight is 769 g/mol. The van der Waals surface area contributed by atoms with Gasteiger partial charge in [-0.15, -0.1) is 0 Å². The zero-order valence-corrected chi connectivity index (χ0v) is 32.5. The van der Waals surface area contributed by atoms with E-state index in [1.807, 2.05) is 109 Å². The highest BCUT2D eigenvalue weighted by atomic mass is 14.9. The van der Waals surface area contributed by atoms with Crippen molar-refractivity contribution in [3.05, 3.63) is 219 Å². The molecule has 0 bridgehead atoms. The van der Waals surface area contributed by atoms with Gasteiger partial charge < -0.3 is 0 Å². The first-order valence-electron chi connectivity index (χ1n) is 19.9. The molecule has 0 N–H and O–H groups in total. The summed E-state index contributed by atoms with van der Waals surface area (Å²) in [4.78, 5) is 30.8. The highest BCUT2D eigenvalue weighted by Gasteiger charge is 2.18. The Balaban J connectivity index is 1.09. The fraction of sp³-hybridized carbons (Fsp3) is 0. The molecule has 0 amide bonds. The van der Waals surface area contributed by atoms with Crippen molar-refractivity contribution in [3.8, 4) is 102 Å². The first-order chi connectivity index (χ1) is 29.7. The van der Waals surface area contributed by atoms with Crippen LogP contribution in [0.3, 0.4) is 0 Å². The van der Waals surface area contributed by atoms with Gasteiger partial charge in [0.25, 0.3) is 0 Å². The zero-order valence-electron chi connectivity index (χ0n) is 32.5. The lowest BCUT2D eigenvalue weighted by Gasteiger charge is -2.13. The Bertz CT molecular complexity index is 2950. The summed E-state index contributed by atoms with van der Waals surface area (Å²) in [6.45, 7) is 0. The van der Waals surface area contributed by atoms with E-state index in [9.17, 15) is 0 Å². The van der Waals surface area contributed by atoms with E-state index >= 15 is 0 Å². The second kappa shape index (κ2) is 16.3. The van der Waals surface area contributed by atoms with Crippen LogP contribution in [0.5, 0.6) is 0 Å². The number of hydrogen-bond acceptors (Lipinski definition) is 6. The first-order valence-corrected chi connectivity index (χ1v) is 19.9. The lowest BCUT2D eigenvalue weighted by molar-refractivity contribution is 1.13. The van der Waals surface area contributed by atoms with Crippen LogP contribution in [0.1, 0.15) is 0 Å². The molecule has 5 aromatic heterocycles. The molecule has 5 aromatic carbocycles. The minimum Gasteiger partial charge on any atom is -0.246 e. The molecule has 0 unspecified atom stereocenters. The molecular formula is C54H36N6. The molecule has 0 aliphatic carbocycles. The SMILES string of the molecule is c1ccc(-c2cc(-c3ccccc3)nc(-c3cccc(-c4ncc(-c5ccccc5)c(-c5cccc(-c6cc(-c7ccccc7)cc(-c7ccccc7)n6)n5)n4)n3)c2)cc1. The van der Waals surface area contributed by atoms with Crippen LogP contribution in [0.2, 0.25) is 0 Å². The fourth-order valence-electron chi connectivity index (χ4n) is 7.37. The summed E-state index contributed by atoms with van der Waals surface area (Å²) in [5.41, 5.74) is 15.0. The Hall–Kier alpha value is -8.22. The second-order valence-corrected chi connectivity index (χ2v) is 14.4. The zero-order chi connectivity index (χ0) is 40.1. The summed E-state index contributed by atoms with van der Waals surface area (Å²) >= 11 is 0. The topological polar surface area (TPSA) is 77.3 Å². The standard InChI is InChI=1S/C54H36N6/c1-6-18-37(19-7-1)42-32-49(40-24-12-4-13-25-40)58-51(34-42)45-28-16-30-47(56-45)53-44(39-22-10-3-11-23-39)36-55-54(60-53)48-31-17-29-46(57-48)52-35-43(38-20-8-2-9-21-38)33-50(59-52)41-26-14-5-15-27-41/h1-36H. The van der Waals surface area contributed by atoms with Gasteiger partial charge in [-0.25, -0.2) is 29.9 Å². The summed E-state index contributed by atoms with van der Waals surface area (Å²) in [5.74, 6) is 0.483. The molecule has 0 fully saturated rings. The smallest absolute Gasteiger partial charge is 0.178 e. The summed E-state index contributed by atoms with van der Waals surface area (Å²) in [5, 5.41) is 0. The normalized spacial score (nSPS) is 11.0. The predicted molar refractivity (Wildman–Crippen MR) is 242 cm³/mol. The van der Waals surface area contributed by atoms with Gasteiger partial charge in [0, 0.05) is 22.9 Å². The van der Waals surface area contributed by atoms with Crippen molar-refractivity contribution in [2.45, 2.75) is 0 Å². The van der Waals surface area contributed by atoms with Crippen LogP contribution in [0.4, 0.5) is 0 Å². The predicted octanol–water partition coefficient (Wildman–Crippen LogP) is 13.1. The summed E-state index contributed by atoms with van der Waals surface area (Å²) in [6, 6.07) is 71.8. The van der Waals surface area contributed by atoms with E-state index in [-0.39, 0.29) is 0 Å². The van der Waals surface area contributed by atoms with Crippen LogP contribution in [-0.2, 0) is 0 Å². The Morgan fingerprint density at radius 2 is 0.600 bits per heavy atom. The van der Waals surface area contributed by atoms with Crippen LogP contribution < -0.4 is 0 Å². The molecule has 0 spiro atoms. The average Bonchev–Trinajstić information content (AvgIpc) is 3.35. The lowest BCUT2D eigenvalue weighted by Crippen LogP contribution is -2.00. The van der Waals surface area contributed by atoms with E-state index in [0.29, 0.717) is 22.9 Å². The molecule has 0 radical (unpaired) electrons. The first kappa shape index (κ1) is 36.1. The second-order valence-electron chi connectivity index (χ2n) is 14.4. The molecule has 10 aromatic rings. The molecular weight excluding hydrogens is 733 g/mol. The molecule has 60 heavy (non-hydrogen) atoms. The van der Waals surface area contributed by atoms with Crippen molar-refractivity contribution in [3.63, 3.8) is 0 Å². The van der Waals surface area contributed by atoms with E-state index in [0.717, 1.165) is 78.7 Å². The van der Waals surface area contributed by atoms with Gasteiger partial charge in [0.2, 0.25) is 0 Å². The van der Waals surface area contributed by atoms with Gasteiger partial charge in [0.05, 0.1) is 39.9 Å². The molecule has 0 saturated heterocycles. The number of hydrogen-bond donors (Lipinski definition) is 0. The molecule has 0 atom stereocenters. The quantitative estimate of drug-likeness (QED) is 0.145. The minimum atomic E-state index is 0.483. The van der Waals surface area contributed by atoms with Crippen molar-refractivity contribution >= 4 is 0 Å². The third-order valence-corrected chi connectivity index (χ3v) is 10.4. The fourth-order valence-corrected chi connectivity index (χ4v) is 7.37. The van der Waals surface area contributed by atoms with Crippen molar-refractivity contribution in [2.75, 3.05) is 0 Å². The highest BCUT2D eigenvalue weighted by molar-refractivity contribution is 5.82. The maximum atomic E-state index is 5.26. The molecule has 10 rings (SSSR count). The summed E-state index contributed by atoms with van der Waals surface area (Å²) in [7, 11) is 0. The number of aromatic nitrogens is 6. The number of pyridine rings is 4. The molecule has 6 nitrogen and oxygen atoms in total. The van der Waals surface area contributed by atoms with E-state index in [1.165, 1.54) is 0 Å². The van der Waals surface area contributed by atoms with Gasteiger partial charge in [0.15, 0.2) is 5.82 Å². The van der Waals surface area contributed by atoms with E-state index in [4.69, 9.17) is 29.9 Å². The van der Waals surface area contributed by atoms with Gasteiger partial charge in [-0.05, 0) is 76.3 Å². The van der Waals surface area contributed by atoms with Gasteiger partial charge in [-0.1, -0.05) is 164 Å². The lowest BCUT2D eigenvalue weighted by atomic mass is 10.0. The van der Waals surface area contributed by atoms with Crippen molar-refractivity contribution < 1.29 is 0 Å². The summed E-state index contributed by atoms with van der Waals surface area (Å²) < 4.78 is 0. The highest BCUT2D eigenvalue weighted by Crippen LogP contribution is 2.35. The monoisotopic (exact) mass is 768 g/mol. The Kier molecular flexibility index (Phi) is 9.84. The van der Waals surface area contributed by atoms with Gasteiger partial charge >= 0.3 is 0 Å². The van der Waals surface area contributed by atoms with E-state index < -0.39 is 0 Å². The Morgan fingerprint density at radius 3 is 1.08 bits per heavy atom. The van der Waals surface area contributed by atoms with Crippen LogP contribution in [-0.4, -0.2) is 29.9 Å². The van der Waals surface area contributed by atoms with Crippen LogP contribution in [0.25, 0.3) is 102 Å². The third-order valence-electron chi connectivity index (χ3n) is 10.4. The molecule has 282 valence electrons. The number of benzene rings is 5. The van der Waals surface area contributed by atoms with Gasteiger partial charge in [-0.2, -0.15) is 0 Å². The molecule has 5 heterocycles. The van der Waals surface area contributed by atoms with Crippen molar-refractivity contribution in [1.29, 1.82) is 0 Å². The van der Waals surface area contributed by atoms with Crippen molar-refractivity contribution in [2.24, 2.45) is 0 Å². The third kappa shape index (κ3) is 7.61. The maximum absolute atomic E-state index is 5.26. The largest absolute Gasteiger partial charge is 0.246 e. The van der Waals surface area contributed by atoms with Crippen LogP contribution >= 0.6 is 0 Å². The van der Waals surface area contributed by atoms with E-state index in [2.05, 4.69) is 109 Å². The molecule has 0 aliphatic heterocycles. The summed E-state index contributed by atoms with van der Waals surface area (Å²) in [6.07, 6.45) is 1.87. The van der Waals surface area contributed by atoms with Gasteiger partial charge in [0.1, 0.15) is 11.4 Å². The maximum Gasteiger partial charge on any atom is 0.178 e. The molecule has 0 saturated carbocycles. The van der Waals surface area contributed by atoms with Gasteiger partial charge in [-0.3, -0.25) is 0 Å². The molecule has 6 heteroatoms. The van der Waals surface area contributed by atoms with Crippen LogP contribution in [0, 0.1) is 0 Å².